The lowest BCUT2D eigenvalue weighted by molar-refractivity contribution is -0.138. The molecule has 1 atom stereocenters. The Bertz CT molecular complexity index is 746. The molecule has 3 aliphatic rings. The van der Waals surface area contributed by atoms with Crippen molar-refractivity contribution in [1.29, 1.82) is 0 Å². The highest BCUT2D eigenvalue weighted by atomic mass is 16.7. The summed E-state index contributed by atoms with van der Waals surface area (Å²) >= 11 is 0. The summed E-state index contributed by atoms with van der Waals surface area (Å²) in [6.07, 6.45) is -0.0395. The summed E-state index contributed by atoms with van der Waals surface area (Å²) in [6, 6.07) is 3.95. The minimum atomic E-state index is -0.827. The largest absolute Gasteiger partial charge is 0.454 e. The Morgan fingerprint density at radius 3 is 2.73 bits per heavy atom. The fourth-order valence-electron chi connectivity index (χ4n) is 3.20. The zero-order chi connectivity index (χ0) is 18.1. The van der Waals surface area contributed by atoms with Gasteiger partial charge in [-0.05, 0) is 17.7 Å². The molecular weight excluding hydrogens is 342 g/mol. The highest BCUT2D eigenvalue weighted by molar-refractivity contribution is 6.05. The first-order chi connectivity index (χ1) is 12.6. The normalized spacial score (nSPS) is 21.9. The molecule has 138 valence electrons. The highest BCUT2D eigenvalue weighted by Crippen LogP contribution is 2.33. The Kier molecular flexibility index (Phi) is 4.37. The molecule has 9 heteroatoms. The van der Waals surface area contributed by atoms with Crippen LogP contribution >= 0.6 is 0 Å². The molecule has 26 heavy (non-hydrogen) atoms. The summed E-state index contributed by atoms with van der Waals surface area (Å²) in [5, 5.41) is 2.60. The first kappa shape index (κ1) is 16.6. The molecule has 0 radical (unpaired) electrons. The maximum absolute atomic E-state index is 12.6. The van der Waals surface area contributed by atoms with E-state index in [2.05, 4.69) is 5.32 Å². The predicted molar refractivity (Wildman–Crippen MR) is 87.5 cm³/mol. The van der Waals surface area contributed by atoms with Gasteiger partial charge in [-0.3, -0.25) is 14.5 Å². The minimum Gasteiger partial charge on any atom is -0.454 e. The fraction of sp³-hybridized carbons (Fsp3) is 0.471. The van der Waals surface area contributed by atoms with E-state index >= 15 is 0 Å². The van der Waals surface area contributed by atoms with Crippen LogP contribution in [0.3, 0.4) is 0 Å². The molecule has 0 bridgehead atoms. The summed E-state index contributed by atoms with van der Waals surface area (Å²) < 4.78 is 15.8. The van der Waals surface area contributed by atoms with Crippen molar-refractivity contribution in [2.24, 2.45) is 0 Å². The third-order valence-electron chi connectivity index (χ3n) is 4.63. The third-order valence-corrected chi connectivity index (χ3v) is 4.63. The van der Waals surface area contributed by atoms with Crippen molar-refractivity contribution < 1.29 is 28.6 Å². The van der Waals surface area contributed by atoms with E-state index in [-0.39, 0.29) is 25.7 Å². The van der Waals surface area contributed by atoms with Crippen molar-refractivity contribution in [2.75, 3.05) is 33.1 Å². The molecule has 2 saturated heterocycles. The van der Waals surface area contributed by atoms with Crippen LogP contribution in [-0.4, -0.2) is 66.8 Å². The van der Waals surface area contributed by atoms with Gasteiger partial charge in [-0.1, -0.05) is 6.07 Å². The Labute approximate surface area is 149 Å². The monoisotopic (exact) mass is 361 g/mol. The molecule has 0 aromatic heterocycles. The Morgan fingerprint density at radius 2 is 1.92 bits per heavy atom. The average Bonchev–Trinajstić information content (AvgIpc) is 3.22. The molecule has 0 aliphatic carbocycles. The molecule has 4 rings (SSSR count). The van der Waals surface area contributed by atoms with Crippen molar-refractivity contribution >= 4 is 17.8 Å². The number of hydrogen-bond acceptors (Lipinski definition) is 6. The van der Waals surface area contributed by atoms with Crippen LogP contribution in [0.2, 0.25) is 0 Å². The number of morpholine rings is 1. The summed E-state index contributed by atoms with van der Waals surface area (Å²) in [5.41, 5.74) is 0.748. The van der Waals surface area contributed by atoms with Crippen molar-refractivity contribution in [3.63, 3.8) is 0 Å². The Morgan fingerprint density at radius 1 is 1.15 bits per heavy atom. The number of carbonyl (C=O) groups is 3. The van der Waals surface area contributed by atoms with Crippen LogP contribution in [0.1, 0.15) is 12.0 Å². The van der Waals surface area contributed by atoms with Gasteiger partial charge in [0.05, 0.1) is 26.2 Å². The van der Waals surface area contributed by atoms with Crippen LogP contribution in [0.4, 0.5) is 4.79 Å². The molecule has 2 fully saturated rings. The van der Waals surface area contributed by atoms with Crippen molar-refractivity contribution in [3.05, 3.63) is 23.8 Å². The first-order valence-electron chi connectivity index (χ1n) is 8.48. The van der Waals surface area contributed by atoms with Gasteiger partial charge in [0.2, 0.25) is 12.7 Å². The van der Waals surface area contributed by atoms with E-state index in [9.17, 15) is 14.4 Å². The molecule has 0 unspecified atom stereocenters. The number of ether oxygens (including phenoxy) is 3. The first-order valence-corrected chi connectivity index (χ1v) is 8.48. The number of nitrogens with one attached hydrogen (secondary N) is 1. The van der Waals surface area contributed by atoms with Gasteiger partial charge < -0.3 is 24.4 Å². The van der Waals surface area contributed by atoms with E-state index in [1.165, 1.54) is 0 Å². The highest BCUT2D eigenvalue weighted by Gasteiger charge is 2.39. The molecule has 0 saturated carbocycles. The van der Waals surface area contributed by atoms with E-state index in [0.29, 0.717) is 37.8 Å². The second kappa shape index (κ2) is 6.83. The zero-order valence-corrected chi connectivity index (χ0v) is 14.1. The van der Waals surface area contributed by atoms with Crippen LogP contribution in [0.5, 0.6) is 11.5 Å². The number of benzene rings is 1. The second-order valence-corrected chi connectivity index (χ2v) is 6.31. The number of hydrogen-bond donors (Lipinski definition) is 1. The number of rotatable bonds is 4. The third kappa shape index (κ3) is 3.17. The number of fused-ring (bicyclic) bond motifs is 1. The van der Waals surface area contributed by atoms with Gasteiger partial charge in [0.1, 0.15) is 6.04 Å². The van der Waals surface area contributed by atoms with E-state index in [4.69, 9.17) is 14.2 Å². The van der Waals surface area contributed by atoms with E-state index in [1.54, 1.807) is 23.1 Å². The standard InChI is InChI=1S/C17H19N3O6/c21-15(19-3-5-24-6-4-19)8-12-16(22)20(17(23)18-12)9-11-1-2-13-14(7-11)26-10-25-13/h1-2,7,12H,3-6,8-10H2,(H,18,23)/t12-/m1/s1. The number of urea groups is 1. The lowest BCUT2D eigenvalue weighted by Crippen LogP contribution is -2.44. The number of imide groups is 1. The zero-order valence-electron chi connectivity index (χ0n) is 14.1. The lowest BCUT2D eigenvalue weighted by atomic mass is 10.1. The van der Waals surface area contributed by atoms with Gasteiger partial charge in [0, 0.05) is 13.1 Å². The maximum atomic E-state index is 12.6. The SMILES string of the molecule is O=C(C[C@H]1NC(=O)N(Cc2ccc3c(c2)OCO3)C1=O)N1CCOCC1. The molecule has 1 aromatic carbocycles. The molecular formula is C17H19N3O6. The topological polar surface area (TPSA) is 97.4 Å². The number of nitrogens with zero attached hydrogens (tertiary/aromatic N) is 2. The molecule has 1 aromatic rings. The summed E-state index contributed by atoms with van der Waals surface area (Å²) in [4.78, 5) is 39.8. The molecule has 3 heterocycles. The lowest BCUT2D eigenvalue weighted by Gasteiger charge is -2.27. The van der Waals surface area contributed by atoms with Gasteiger partial charge in [-0.25, -0.2) is 4.79 Å². The van der Waals surface area contributed by atoms with Crippen molar-refractivity contribution in [3.8, 4) is 11.5 Å². The molecule has 4 amide bonds. The van der Waals surface area contributed by atoms with Crippen LogP contribution in [0.15, 0.2) is 18.2 Å². The van der Waals surface area contributed by atoms with E-state index in [1.807, 2.05) is 0 Å². The molecule has 9 nitrogen and oxygen atoms in total. The maximum Gasteiger partial charge on any atom is 0.325 e. The van der Waals surface area contributed by atoms with Crippen LogP contribution in [-0.2, 0) is 20.9 Å². The quantitative estimate of drug-likeness (QED) is 0.763. The average molecular weight is 361 g/mol. The van der Waals surface area contributed by atoms with Crippen LogP contribution in [0, 0.1) is 0 Å². The van der Waals surface area contributed by atoms with Crippen molar-refractivity contribution in [2.45, 2.75) is 19.0 Å². The molecule has 0 spiro atoms. The molecule has 1 N–H and O–H groups in total. The van der Waals surface area contributed by atoms with Gasteiger partial charge in [-0.15, -0.1) is 0 Å². The van der Waals surface area contributed by atoms with Crippen molar-refractivity contribution in [1.82, 2.24) is 15.1 Å². The Balaban J connectivity index is 1.39. The number of amides is 4. The summed E-state index contributed by atoms with van der Waals surface area (Å²) in [6.45, 7) is 2.28. The predicted octanol–water partition coefficient (Wildman–Crippen LogP) is 0.0846. The van der Waals surface area contributed by atoms with Crippen LogP contribution in [0.25, 0.3) is 0 Å². The van der Waals surface area contributed by atoms with Gasteiger partial charge in [0.15, 0.2) is 11.5 Å². The Hall–Kier alpha value is -2.81. The summed E-state index contributed by atoms with van der Waals surface area (Å²) in [5.74, 6) is 0.680. The fourth-order valence-corrected chi connectivity index (χ4v) is 3.20. The van der Waals surface area contributed by atoms with Crippen LogP contribution < -0.4 is 14.8 Å². The second-order valence-electron chi connectivity index (χ2n) is 6.31. The van der Waals surface area contributed by atoms with Gasteiger partial charge in [-0.2, -0.15) is 0 Å². The summed E-state index contributed by atoms with van der Waals surface area (Å²) in [7, 11) is 0. The van der Waals surface area contributed by atoms with E-state index < -0.39 is 18.0 Å². The van der Waals surface area contributed by atoms with Gasteiger partial charge >= 0.3 is 6.03 Å². The van der Waals surface area contributed by atoms with E-state index in [0.717, 1.165) is 10.5 Å². The smallest absolute Gasteiger partial charge is 0.325 e. The minimum absolute atomic E-state index is 0.0395. The molecule has 3 aliphatic heterocycles. The number of carbonyl (C=O) groups excluding carboxylic acids is 3. The van der Waals surface area contributed by atoms with Gasteiger partial charge in [0.25, 0.3) is 5.91 Å².